The van der Waals surface area contributed by atoms with Crippen LogP contribution in [0.4, 0.5) is 27.7 Å². The molecule has 2 fully saturated rings. The lowest BCUT2D eigenvalue weighted by Gasteiger charge is -2.25. The van der Waals surface area contributed by atoms with Crippen molar-refractivity contribution in [2.75, 3.05) is 22.1 Å². The molecule has 11 heteroatoms. The van der Waals surface area contributed by atoms with Crippen molar-refractivity contribution in [1.82, 2.24) is 25.1 Å². The summed E-state index contributed by atoms with van der Waals surface area (Å²) in [6.45, 7) is 0.671. The van der Waals surface area contributed by atoms with Crippen LogP contribution in [-0.4, -0.2) is 54.9 Å². The maximum atomic E-state index is 13.1. The van der Waals surface area contributed by atoms with E-state index < -0.39 is 12.0 Å². The monoisotopic (exact) mass is 464 g/mol. The van der Waals surface area contributed by atoms with Gasteiger partial charge in [-0.25, -0.2) is 9.97 Å². The largest absolute Gasteiger partial charge is 0.392 e. The molecule has 3 aromatic heterocycles. The van der Waals surface area contributed by atoms with Gasteiger partial charge >= 0.3 is 0 Å². The summed E-state index contributed by atoms with van der Waals surface area (Å²) < 4.78 is 13.1. The van der Waals surface area contributed by atoms with Gasteiger partial charge < -0.3 is 20.6 Å². The van der Waals surface area contributed by atoms with E-state index >= 15 is 0 Å². The molecule has 0 bridgehead atoms. The number of rotatable bonds is 6. The van der Waals surface area contributed by atoms with Crippen molar-refractivity contribution >= 4 is 29.2 Å². The molecule has 4 N–H and O–H groups in total. The summed E-state index contributed by atoms with van der Waals surface area (Å²) in [4.78, 5) is 28.2. The number of aromatic amines is 1. The number of halogens is 1. The number of aryl methyl sites for hydroxylation is 1. The summed E-state index contributed by atoms with van der Waals surface area (Å²) in [7, 11) is 0. The van der Waals surface area contributed by atoms with Gasteiger partial charge in [0.1, 0.15) is 11.9 Å². The topological polar surface area (TPSA) is 132 Å². The fraction of sp³-hybridized carbons (Fsp3) is 0.435. The van der Waals surface area contributed by atoms with E-state index in [1.165, 1.54) is 18.3 Å². The third-order valence-corrected chi connectivity index (χ3v) is 6.73. The van der Waals surface area contributed by atoms with Crippen LogP contribution in [0, 0.1) is 5.95 Å². The van der Waals surface area contributed by atoms with Gasteiger partial charge in [0.2, 0.25) is 17.8 Å². The molecule has 0 spiro atoms. The van der Waals surface area contributed by atoms with Crippen LogP contribution in [0.2, 0.25) is 0 Å². The normalized spacial score (nSPS) is 23.1. The zero-order valence-corrected chi connectivity index (χ0v) is 18.5. The van der Waals surface area contributed by atoms with Gasteiger partial charge in [-0.1, -0.05) is 0 Å². The van der Waals surface area contributed by atoms with Crippen LogP contribution >= 0.6 is 0 Å². The minimum Gasteiger partial charge on any atom is -0.392 e. The molecule has 1 saturated heterocycles. The number of carbonyl (C=O) groups is 1. The Morgan fingerprint density at radius 3 is 2.91 bits per heavy atom. The summed E-state index contributed by atoms with van der Waals surface area (Å²) in [6.07, 6.45) is 6.03. The molecule has 1 unspecified atom stereocenters. The molecule has 1 amide bonds. The number of hydrogen-bond donors (Lipinski definition) is 4. The molecule has 2 aliphatic carbocycles. The fourth-order valence-electron chi connectivity index (χ4n) is 4.83. The zero-order chi connectivity index (χ0) is 23.2. The van der Waals surface area contributed by atoms with Crippen LogP contribution in [-0.2, 0) is 17.6 Å². The minimum absolute atomic E-state index is 0.120. The molecular weight excluding hydrogens is 439 g/mol. The first-order valence-electron chi connectivity index (χ1n) is 11.6. The maximum absolute atomic E-state index is 13.1. The van der Waals surface area contributed by atoms with Crippen molar-refractivity contribution in [2.45, 2.75) is 56.6 Å². The van der Waals surface area contributed by atoms with Gasteiger partial charge in [-0.05, 0) is 50.7 Å². The molecule has 0 aromatic carbocycles. The molecule has 6 rings (SSSR count). The van der Waals surface area contributed by atoms with E-state index in [1.54, 1.807) is 0 Å². The molecule has 1 aliphatic heterocycles. The second kappa shape index (κ2) is 8.32. The van der Waals surface area contributed by atoms with Gasteiger partial charge in [0.25, 0.3) is 0 Å². The molecule has 176 valence electrons. The molecule has 3 aromatic rings. The van der Waals surface area contributed by atoms with Gasteiger partial charge in [0.05, 0.1) is 23.7 Å². The number of nitrogens with one attached hydrogen (secondary N) is 3. The lowest BCUT2D eigenvalue weighted by molar-refractivity contribution is -0.117. The van der Waals surface area contributed by atoms with Gasteiger partial charge in [-0.3, -0.25) is 9.89 Å². The second-order valence-corrected chi connectivity index (χ2v) is 9.10. The maximum Gasteiger partial charge on any atom is 0.247 e. The van der Waals surface area contributed by atoms with Crippen molar-refractivity contribution in [3.05, 3.63) is 47.3 Å². The summed E-state index contributed by atoms with van der Waals surface area (Å²) in [5.74, 6) is 1.21. The predicted octanol–water partition coefficient (Wildman–Crippen LogP) is 2.42. The number of nitrogens with zero attached hydrogens (tertiary/aromatic N) is 5. The average molecular weight is 465 g/mol. The highest BCUT2D eigenvalue weighted by Gasteiger charge is 2.38. The smallest absolute Gasteiger partial charge is 0.247 e. The first-order chi connectivity index (χ1) is 16.5. The zero-order valence-electron chi connectivity index (χ0n) is 18.5. The standard InChI is InChI=1S/C23H25FN8O2/c24-19-7-6-12(11-25-19)26-22(34)17-5-2-8-32(17)23-27-15-4-1-3-13(15)21(29-23)28-20-10-16(30-31-20)14-9-18(14)33/h6-7,10-11,14,17-18,33H,1-5,8-9H2,(H,26,34)(H2,27,28,29,30,31)/t14-,17-,18?/m1/s1. The van der Waals surface area contributed by atoms with E-state index in [0.717, 1.165) is 49.1 Å². The Hall–Kier alpha value is -3.60. The third kappa shape index (κ3) is 3.96. The van der Waals surface area contributed by atoms with Gasteiger partial charge in [0, 0.05) is 29.8 Å². The molecule has 0 radical (unpaired) electrons. The Kier molecular flexibility index (Phi) is 5.13. The number of hydrogen-bond acceptors (Lipinski definition) is 8. The molecule has 3 atom stereocenters. The molecule has 10 nitrogen and oxygen atoms in total. The van der Waals surface area contributed by atoms with Crippen LogP contribution in [0.5, 0.6) is 0 Å². The number of fused-ring (bicyclic) bond motifs is 1. The summed E-state index contributed by atoms with van der Waals surface area (Å²) >= 11 is 0. The van der Waals surface area contributed by atoms with Crippen molar-refractivity contribution in [3.63, 3.8) is 0 Å². The van der Waals surface area contributed by atoms with E-state index in [9.17, 15) is 14.3 Å². The lowest BCUT2D eigenvalue weighted by Crippen LogP contribution is -2.40. The third-order valence-electron chi connectivity index (χ3n) is 6.73. The quantitative estimate of drug-likeness (QED) is 0.409. The highest BCUT2D eigenvalue weighted by Crippen LogP contribution is 2.40. The second-order valence-electron chi connectivity index (χ2n) is 9.10. The van der Waals surface area contributed by atoms with Gasteiger partial charge in [-0.2, -0.15) is 14.5 Å². The molecule has 4 heterocycles. The Morgan fingerprint density at radius 1 is 1.24 bits per heavy atom. The summed E-state index contributed by atoms with van der Waals surface area (Å²) in [5, 5.41) is 23.2. The van der Waals surface area contributed by atoms with Crippen molar-refractivity contribution in [2.24, 2.45) is 0 Å². The number of anilines is 4. The Labute approximate surface area is 195 Å². The van der Waals surface area contributed by atoms with Crippen molar-refractivity contribution < 1.29 is 14.3 Å². The fourth-order valence-corrected chi connectivity index (χ4v) is 4.83. The predicted molar refractivity (Wildman–Crippen MR) is 122 cm³/mol. The number of H-pyrrole nitrogens is 1. The Bertz CT molecular complexity index is 1230. The van der Waals surface area contributed by atoms with E-state index in [1.807, 2.05) is 11.0 Å². The number of aliphatic hydroxyl groups excluding tert-OH is 1. The highest BCUT2D eigenvalue weighted by molar-refractivity contribution is 5.96. The van der Waals surface area contributed by atoms with Crippen molar-refractivity contribution in [1.29, 1.82) is 0 Å². The van der Waals surface area contributed by atoms with Gasteiger partial charge in [-0.15, -0.1) is 0 Å². The Morgan fingerprint density at radius 2 is 2.12 bits per heavy atom. The van der Waals surface area contributed by atoms with Crippen LogP contribution in [0.3, 0.4) is 0 Å². The summed E-state index contributed by atoms with van der Waals surface area (Å²) in [5.41, 5.74) is 3.44. The van der Waals surface area contributed by atoms with E-state index in [2.05, 4.69) is 25.8 Å². The molecule has 3 aliphatic rings. The van der Waals surface area contributed by atoms with E-state index in [4.69, 9.17) is 9.97 Å². The van der Waals surface area contributed by atoms with Crippen LogP contribution in [0.25, 0.3) is 0 Å². The SMILES string of the molecule is O=C(Nc1ccc(F)nc1)[C@H]1CCCN1c1nc2c(c(Nc3cc([C@H]4CC4O)[nH]n3)n1)CCC2. The molecule has 1 saturated carbocycles. The number of aliphatic hydroxyl groups is 1. The van der Waals surface area contributed by atoms with Crippen LogP contribution in [0.1, 0.15) is 48.6 Å². The first kappa shape index (κ1) is 21.0. The number of aromatic nitrogens is 5. The number of carbonyl (C=O) groups excluding carboxylic acids is 1. The number of pyridine rings is 1. The minimum atomic E-state index is -0.593. The van der Waals surface area contributed by atoms with E-state index in [-0.39, 0.29) is 17.9 Å². The summed E-state index contributed by atoms with van der Waals surface area (Å²) in [6, 6.07) is 4.19. The van der Waals surface area contributed by atoms with Crippen LogP contribution < -0.4 is 15.5 Å². The van der Waals surface area contributed by atoms with Gasteiger partial charge in [0.15, 0.2) is 5.82 Å². The molecule has 34 heavy (non-hydrogen) atoms. The molecular formula is C23H25FN8O2. The van der Waals surface area contributed by atoms with E-state index in [0.29, 0.717) is 36.2 Å². The first-order valence-corrected chi connectivity index (χ1v) is 11.6. The van der Waals surface area contributed by atoms with Crippen molar-refractivity contribution in [3.8, 4) is 0 Å². The highest BCUT2D eigenvalue weighted by atomic mass is 19.1. The van der Waals surface area contributed by atoms with Crippen LogP contribution in [0.15, 0.2) is 24.4 Å². The average Bonchev–Trinajstić information content (AvgIpc) is 3.29. The number of amides is 1. The Balaban J connectivity index is 1.24. The lowest BCUT2D eigenvalue weighted by atomic mass is 10.2.